The molecule has 4 nitrogen and oxygen atoms in total. The van der Waals surface area contributed by atoms with Crippen LogP contribution in [0.2, 0.25) is 0 Å². The fourth-order valence-electron chi connectivity index (χ4n) is 2.71. The highest BCUT2D eigenvalue weighted by Crippen LogP contribution is 2.43. The molecule has 3 atom stereocenters. The summed E-state index contributed by atoms with van der Waals surface area (Å²) in [4.78, 5) is 4.29. The summed E-state index contributed by atoms with van der Waals surface area (Å²) >= 11 is 0. The van der Waals surface area contributed by atoms with Crippen molar-refractivity contribution in [3.05, 3.63) is 17.8 Å². The highest BCUT2D eigenvalue weighted by molar-refractivity contribution is 5.05. The topological polar surface area (TPSA) is 47.3 Å². The molecule has 1 aromatic rings. The van der Waals surface area contributed by atoms with Crippen LogP contribution in [0.25, 0.3) is 0 Å². The molecule has 2 rings (SSSR count). The number of rotatable bonds is 6. The summed E-state index contributed by atoms with van der Waals surface area (Å²) < 4.78 is 11.6. The lowest BCUT2D eigenvalue weighted by atomic mass is 9.64. The molecule has 1 heterocycles. The van der Waals surface area contributed by atoms with Crippen LogP contribution in [0.15, 0.2) is 10.6 Å². The predicted octanol–water partition coefficient (Wildman–Crippen LogP) is 3.47. The van der Waals surface area contributed by atoms with Crippen molar-refractivity contribution in [3.63, 3.8) is 0 Å². The van der Waals surface area contributed by atoms with Crippen molar-refractivity contribution in [2.45, 2.75) is 66.2 Å². The van der Waals surface area contributed by atoms with Gasteiger partial charge in [-0.15, -0.1) is 0 Å². The van der Waals surface area contributed by atoms with Crippen LogP contribution < -0.4 is 5.32 Å². The third-order valence-corrected chi connectivity index (χ3v) is 4.27. The van der Waals surface area contributed by atoms with Gasteiger partial charge in [0.15, 0.2) is 0 Å². The molecule has 1 saturated carbocycles. The minimum atomic E-state index is 0.138. The van der Waals surface area contributed by atoms with E-state index in [0.29, 0.717) is 18.1 Å². The lowest BCUT2D eigenvalue weighted by molar-refractivity contribution is -0.126. The van der Waals surface area contributed by atoms with Gasteiger partial charge in [-0.1, -0.05) is 27.7 Å². The van der Waals surface area contributed by atoms with Crippen molar-refractivity contribution in [3.8, 4) is 0 Å². The fourth-order valence-corrected chi connectivity index (χ4v) is 2.71. The van der Waals surface area contributed by atoms with E-state index >= 15 is 0 Å². The molecule has 0 spiro atoms. The Hall–Kier alpha value is -0.870. The van der Waals surface area contributed by atoms with Crippen LogP contribution in [-0.2, 0) is 4.74 Å². The molecule has 0 amide bonds. The van der Waals surface area contributed by atoms with Gasteiger partial charge in [-0.05, 0) is 26.2 Å². The molecule has 0 saturated heterocycles. The average molecular weight is 280 g/mol. The quantitative estimate of drug-likeness (QED) is 0.866. The highest BCUT2D eigenvalue weighted by Gasteiger charge is 2.49. The van der Waals surface area contributed by atoms with Gasteiger partial charge in [0.2, 0.25) is 5.89 Å². The second-order valence-electron chi connectivity index (χ2n) is 7.02. The minimum absolute atomic E-state index is 0.138. The molecule has 114 valence electrons. The second kappa shape index (κ2) is 5.86. The fraction of sp³-hybridized carbons (Fsp3) is 0.812. The van der Waals surface area contributed by atoms with Crippen molar-refractivity contribution in [2.75, 3.05) is 6.61 Å². The number of aryl methyl sites for hydroxylation is 1. The summed E-state index contributed by atoms with van der Waals surface area (Å²) in [7, 11) is 0. The first kappa shape index (κ1) is 15.5. The first-order chi connectivity index (χ1) is 9.30. The van der Waals surface area contributed by atoms with E-state index in [1.807, 2.05) is 6.92 Å². The molecule has 0 bridgehead atoms. The number of hydrogen-bond acceptors (Lipinski definition) is 4. The molecule has 0 radical (unpaired) electrons. The first-order valence-corrected chi connectivity index (χ1v) is 7.60. The summed E-state index contributed by atoms with van der Waals surface area (Å²) in [6.45, 7) is 13.8. The second-order valence-corrected chi connectivity index (χ2v) is 7.02. The van der Waals surface area contributed by atoms with E-state index in [1.165, 1.54) is 0 Å². The first-order valence-electron chi connectivity index (χ1n) is 7.60. The monoisotopic (exact) mass is 280 g/mol. The van der Waals surface area contributed by atoms with Gasteiger partial charge in [0.05, 0.1) is 18.3 Å². The van der Waals surface area contributed by atoms with Crippen LogP contribution in [0, 0.1) is 18.3 Å². The number of nitrogens with one attached hydrogen (secondary N) is 1. The zero-order valence-corrected chi connectivity index (χ0v) is 13.6. The molecule has 1 aliphatic rings. The van der Waals surface area contributed by atoms with E-state index in [0.717, 1.165) is 24.7 Å². The molecular weight excluding hydrogens is 252 g/mol. The number of ether oxygens (including phenoxy) is 1. The zero-order chi connectivity index (χ0) is 14.9. The van der Waals surface area contributed by atoms with Crippen molar-refractivity contribution in [2.24, 2.45) is 11.3 Å². The van der Waals surface area contributed by atoms with Gasteiger partial charge in [0.1, 0.15) is 5.76 Å². The van der Waals surface area contributed by atoms with Crippen LogP contribution in [0.4, 0.5) is 0 Å². The van der Waals surface area contributed by atoms with Crippen LogP contribution in [-0.4, -0.2) is 23.7 Å². The molecule has 1 aliphatic carbocycles. The summed E-state index contributed by atoms with van der Waals surface area (Å²) in [5.41, 5.74) is 0.158. The summed E-state index contributed by atoms with van der Waals surface area (Å²) in [5, 5.41) is 3.62. The Morgan fingerprint density at radius 3 is 2.65 bits per heavy atom. The van der Waals surface area contributed by atoms with E-state index < -0.39 is 0 Å². The van der Waals surface area contributed by atoms with Crippen LogP contribution in [0.5, 0.6) is 0 Å². The number of hydrogen-bond donors (Lipinski definition) is 1. The smallest absolute Gasteiger partial charge is 0.211 e. The Kier molecular flexibility index (Phi) is 4.55. The molecule has 4 heteroatoms. The Labute approximate surface area is 122 Å². The molecular formula is C16H28N2O2. The molecule has 0 aliphatic heterocycles. The Bertz CT molecular complexity index is 439. The van der Waals surface area contributed by atoms with E-state index in [-0.39, 0.29) is 11.5 Å². The molecule has 1 aromatic heterocycles. The van der Waals surface area contributed by atoms with Gasteiger partial charge in [0, 0.05) is 18.1 Å². The number of aromatic nitrogens is 1. The van der Waals surface area contributed by atoms with Gasteiger partial charge >= 0.3 is 0 Å². The predicted molar refractivity (Wildman–Crippen MR) is 79.6 cm³/mol. The maximum absolute atomic E-state index is 6.00. The molecule has 0 aromatic carbocycles. The summed E-state index contributed by atoms with van der Waals surface area (Å²) in [5.74, 6) is 2.22. The van der Waals surface area contributed by atoms with Gasteiger partial charge in [0.25, 0.3) is 0 Å². The van der Waals surface area contributed by atoms with E-state index in [1.54, 1.807) is 6.20 Å². The van der Waals surface area contributed by atoms with Crippen LogP contribution in [0.1, 0.15) is 58.7 Å². The normalized spacial score (nSPS) is 26.6. The SMILES string of the molecule is Cc1cnc(C(C)NC2CC(OCC(C)C)C2(C)C)o1. The van der Waals surface area contributed by atoms with Crippen LogP contribution in [0.3, 0.4) is 0 Å². The molecule has 1 N–H and O–H groups in total. The Balaban J connectivity index is 1.86. The maximum atomic E-state index is 6.00. The largest absolute Gasteiger partial charge is 0.444 e. The molecule has 20 heavy (non-hydrogen) atoms. The number of oxazole rings is 1. The van der Waals surface area contributed by atoms with Crippen molar-refractivity contribution >= 4 is 0 Å². The minimum Gasteiger partial charge on any atom is -0.444 e. The standard InChI is InChI=1S/C16H28N2O2/c1-10(2)9-19-14-7-13(16(14,5)6)18-12(4)15-17-8-11(3)20-15/h8,10,12-14,18H,7,9H2,1-6H3. The highest BCUT2D eigenvalue weighted by atomic mass is 16.5. The Morgan fingerprint density at radius 2 is 2.15 bits per heavy atom. The number of nitrogens with zero attached hydrogens (tertiary/aromatic N) is 1. The third kappa shape index (κ3) is 3.23. The lowest BCUT2D eigenvalue weighted by Crippen LogP contribution is -2.61. The van der Waals surface area contributed by atoms with Gasteiger partial charge in [-0.25, -0.2) is 4.98 Å². The van der Waals surface area contributed by atoms with E-state index in [4.69, 9.17) is 9.15 Å². The molecule has 3 unspecified atom stereocenters. The summed E-state index contributed by atoms with van der Waals surface area (Å²) in [6, 6.07) is 0.584. The summed E-state index contributed by atoms with van der Waals surface area (Å²) in [6.07, 6.45) is 3.18. The van der Waals surface area contributed by atoms with Crippen molar-refractivity contribution in [1.29, 1.82) is 0 Å². The van der Waals surface area contributed by atoms with Gasteiger partial charge in [-0.3, -0.25) is 0 Å². The van der Waals surface area contributed by atoms with Crippen LogP contribution >= 0.6 is 0 Å². The van der Waals surface area contributed by atoms with E-state index in [2.05, 4.69) is 44.9 Å². The lowest BCUT2D eigenvalue weighted by Gasteiger charge is -2.52. The van der Waals surface area contributed by atoms with E-state index in [9.17, 15) is 0 Å². The average Bonchev–Trinajstić information content (AvgIpc) is 2.79. The van der Waals surface area contributed by atoms with Gasteiger partial charge < -0.3 is 14.5 Å². The molecule has 1 fully saturated rings. The zero-order valence-electron chi connectivity index (χ0n) is 13.6. The third-order valence-electron chi connectivity index (χ3n) is 4.27. The van der Waals surface area contributed by atoms with Gasteiger partial charge in [-0.2, -0.15) is 0 Å². The maximum Gasteiger partial charge on any atom is 0.211 e. The Morgan fingerprint density at radius 1 is 1.45 bits per heavy atom. The van der Waals surface area contributed by atoms with Crippen molar-refractivity contribution < 1.29 is 9.15 Å². The van der Waals surface area contributed by atoms with Crippen molar-refractivity contribution in [1.82, 2.24) is 10.3 Å².